The van der Waals surface area contributed by atoms with Crippen LogP contribution in [0.25, 0.3) is 4.96 Å². The van der Waals surface area contributed by atoms with E-state index < -0.39 is 0 Å². The van der Waals surface area contributed by atoms with Gasteiger partial charge in [0.2, 0.25) is 10.8 Å². The number of nitrogens with zero attached hydrogens (tertiary/aromatic N) is 4. The predicted molar refractivity (Wildman–Crippen MR) is 96.0 cm³/mol. The zero-order valence-electron chi connectivity index (χ0n) is 13.4. The van der Waals surface area contributed by atoms with Crippen molar-refractivity contribution in [2.45, 2.75) is 32.2 Å². The molecule has 0 spiro atoms. The van der Waals surface area contributed by atoms with Crippen molar-refractivity contribution in [3.05, 3.63) is 45.6 Å². The molecule has 1 aliphatic heterocycles. The lowest BCUT2D eigenvalue weighted by Gasteiger charge is -2.27. The number of rotatable bonds is 4. The Hall–Kier alpha value is -1.63. The molecule has 0 amide bonds. The van der Waals surface area contributed by atoms with Crippen LogP contribution in [-0.2, 0) is 6.42 Å². The number of aryl methyl sites for hydroxylation is 1. The van der Waals surface area contributed by atoms with E-state index in [1.807, 2.05) is 25.1 Å². The average molecular weight is 363 g/mol. The van der Waals surface area contributed by atoms with Gasteiger partial charge in [0, 0.05) is 11.4 Å². The first-order valence-corrected chi connectivity index (χ1v) is 9.43. The van der Waals surface area contributed by atoms with Crippen molar-refractivity contribution in [2.75, 3.05) is 13.1 Å². The normalized spacial score (nSPS) is 16.9. The molecule has 2 aromatic heterocycles. The van der Waals surface area contributed by atoms with Gasteiger partial charge in [0.15, 0.2) is 5.82 Å². The molecule has 0 saturated carbocycles. The Morgan fingerprint density at radius 1 is 1.33 bits per heavy atom. The van der Waals surface area contributed by atoms with Crippen molar-refractivity contribution < 1.29 is 5.11 Å². The van der Waals surface area contributed by atoms with Crippen LogP contribution in [0.4, 0.5) is 0 Å². The quantitative estimate of drug-likeness (QED) is 0.764. The summed E-state index contributed by atoms with van der Waals surface area (Å²) in [5.74, 6) is 0.947. The Morgan fingerprint density at radius 3 is 2.79 bits per heavy atom. The number of benzene rings is 1. The maximum atomic E-state index is 10.8. The van der Waals surface area contributed by atoms with E-state index in [1.54, 1.807) is 4.52 Å². The minimum Gasteiger partial charge on any atom is -0.492 e. The first-order valence-electron chi connectivity index (χ1n) is 8.24. The van der Waals surface area contributed by atoms with Gasteiger partial charge < -0.3 is 5.11 Å². The zero-order chi connectivity index (χ0) is 16.7. The lowest BCUT2D eigenvalue weighted by Crippen LogP contribution is -2.26. The van der Waals surface area contributed by atoms with Gasteiger partial charge in [-0.1, -0.05) is 42.0 Å². The zero-order valence-corrected chi connectivity index (χ0v) is 15.0. The van der Waals surface area contributed by atoms with Gasteiger partial charge in [0.25, 0.3) is 0 Å². The third-order valence-electron chi connectivity index (χ3n) is 4.48. The van der Waals surface area contributed by atoms with Crippen molar-refractivity contribution in [3.8, 4) is 5.88 Å². The second kappa shape index (κ2) is 6.35. The topological polar surface area (TPSA) is 53.7 Å². The number of aromatic hydroxyl groups is 1. The Balaban J connectivity index is 1.83. The van der Waals surface area contributed by atoms with Gasteiger partial charge in [-0.05, 0) is 43.6 Å². The lowest BCUT2D eigenvalue weighted by atomic mass is 10.0. The molecule has 1 aliphatic rings. The van der Waals surface area contributed by atoms with E-state index in [1.165, 1.54) is 24.2 Å². The molecule has 126 valence electrons. The molecule has 3 heterocycles. The van der Waals surface area contributed by atoms with Crippen LogP contribution in [0.2, 0.25) is 5.02 Å². The molecule has 1 aromatic carbocycles. The van der Waals surface area contributed by atoms with E-state index in [-0.39, 0.29) is 11.9 Å². The molecule has 0 bridgehead atoms. The van der Waals surface area contributed by atoms with Gasteiger partial charge in [0.1, 0.15) is 0 Å². The second-order valence-corrected chi connectivity index (χ2v) is 7.51. The van der Waals surface area contributed by atoms with Crippen molar-refractivity contribution in [2.24, 2.45) is 0 Å². The van der Waals surface area contributed by atoms with Crippen molar-refractivity contribution in [1.82, 2.24) is 19.5 Å². The Labute approximate surface area is 149 Å². The summed E-state index contributed by atoms with van der Waals surface area (Å²) in [6.07, 6.45) is 3.12. The van der Waals surface area contributed by atoms with Crippen LogP contribution in [0.5, 0.6) is 5.88 Å². The summed E-state index contributed by atoms with van der Waals surface area (Å²) in [6, 6.07) is 7.88. The van der Waals surface area contributed by atoms with Crippen LogP contribution < -0.4 is 0 Å². The summed E-state index contributed by atoms with van der Waals surface area (Å²) in [4.78, 5) is 8.53. The van der Waals surface area contributed by atoms with Crippen LogP contribution in [0.15, 0.2) is 24.3 Å². The molecule has 1 saturated heterocycles. The standard InChI is InChI=1S/C17H19ClN4OS/c1-2-13-19-17-22(20-13)16(23)15(24-17)14(21-8-3-4-9-21)11-6-5-7-12(18)10-11/h5-7,10,14,23H,2-4,8-9H2,1H3/t14-/m0/s1. The second-order valence-electron chi connectivity index (χ2n) is 6.07. The molecule has 24 heavy (non-hydrogen) atoms. The van der Waals surface area contributed by atoms with Crippen LogP contribution >= 0.6 is 22.9 Å². The van der Waals surface area contributed by atoms with E-state index in [2.05, 4.69) is 21.0 Å². The van der Waals surface area contributed by atoms with Gasteiger partial charge in [0.05, 0.1) is 10.9 Å². The summed E-state index contributed by atoms with van der Waals surface area (Å²) in [5, 5.41) is 15.9. The molecule has 1 fully saturated rings. The third-order valence-corrected chi connectivity index (χ3v) is 5.79. The van der Waals surface area contributed by atoms with Crippen LogP contribution in [-0.4, -0.2) is 37.7 Å². The van der Waals surface area contributed by atoms with Crippen LogP contribution in [0, 0.1) is 0 Å². The molecule has 3 aromatic rings. The summed E-state index contributed by atoms with van der Waals surface area (Å²) in [6.45, 7) is 4.05. The third kappa shape index (κ3) is 2.68. The predicted octanol–water partition coefficient (Wildman–Crippen LogP) is 3.90. The Kier molecular flexibility index (Phi) is 4.20. The largest absolute Gasteiger partial charge is 0.492 e. The molecule has 0 aliphatic carbocycles. The van der Waals surface area contributed by atoms with Crippen molar-refractivity contribution >= 4 is 27.9 Å². The molecular weight excluding hydrogens is 344 g/mol. The van der Waals surface area contributed by atoms with Gasteiger partial charge >= 0.3 is 0 Å². The highest BCUT2D eigenvalue weighted by Gasteiger charge is 2.31. The first kappa shape index (κ1) is 15.9. The van der Waals surface area contributed by atoms with E-state index in [9.17, 15) is 5.11 Å². The summed E-state index contributed by atoms with van der Waals surface area (Å²) < 4.78 is 1.56. The monoisotopic (exact) mass is 362 g/mol. The highest BCUT2D eigenvalue weighted by Crippen LogP contribution is 2.41. The maximum Gasteiger partial charge on any atom is 0.230 e. The van der Waals surface area contributed by atoms with Gasteiger partial charge in [-0.3, -0.25) is 4.90 Å². The molecule has 0 radical (unpaired) electrons. The summed E-state index contributed by atoms with van der Waals surface area (Å²) in [7, 11) is 0. The fourth-order valence-electron chi connectivity index (χ4n) is 3.32. The lowest BCUT2D eigenvalue weighted by molar-refractivity contribution is 0.277. The number of thiazole rings is 1. The number of fused-ring (bicyclic) bond motifs is 1. The van der Waals surface area contributed by atoms with Crippen LogP contribution in [0.3, 0.4) is 0 Å². The summed E-state index contributed by atoms with van der Waals surface area (Å²) in [5.41, 5.74) is 1.10. The minimum atomic E-state index is -0.00947. The van der Waals surface area contributed by atoms with E-state index >= 15 is 0 Å². The number of hydrogen-bond acceptors (Lipinski definition) is 5. The number of hydrogen-bond donors (Lipinski definition) is 1. The van der Waals surface area contributed by atoms with Gasteiger partial charge in [-0.25, -0.2) is 4.98 Å². The fraction of sp³-hybridized carbons (Fsp3) is 0.412. The Morgan fingerprint density at radius 2 is 2.12 bits per heavy atom. The SMILES string of the molecule is CCc1nc2sc([C@H](c3cccc(Cl)c3)N3CCCC3)c(O)n2n1. The Bertz CT molecular complexity index is 869. The smallest absolute Gasteiger partial charge is 0.230 e. The van der Waals surface area contributed by atoms with Gasteiger partial charge in [-0.2, -0.15) is 4.52 Å². The molecule has 0 unspecified atom stereocenters. The fourth-order valence-corrected chi connectivity index (χ4v) is 4.66. The number of halogens is 1. The molecule has 4 rings (SSSR count). The van der Waals surface area contributed by atoms with Crippen LogP contribution in [0.1, 0.15) is 42.1 Å². The minimum absolute atomic E-state index is 0.00947. The van der Waals surface area contributed by atoms with Gasteiger partial charge in [-0.15, -0.1) is 5.10 Å². The average Bonchev–Trinajstić information content (AvgIpc) is 3.28. The highest BCUT2D eigenvalue weighted by molar-refractivity contribution is 7.17. The maximum absolute atomic E-state index is 10.8. The molecule has 7 heteroatoms. The molecular formula is C17H19ClN4OS. The molecule has 5 nitrogen and oxygen atoms in total. The number of aromatic nitrogens is 3. The summed E-state index contributed by atoms with van der Waals surface area (Å²) >= 11 is 7.72. The highest BCUT2D eigenvalue weighted by atomic mass is 35.5. The molecule has 1 atom stereocenters. The van der Waals surface area contributed by atoms with E-state index in [0.717, 1.165) is 40.7 Å². The van der Waals surface area contributed by atoms with E-state index in [0.29, 0.717) is 5.02 Å². The van der Waals surface area contributed by atoms with Crippen molar-refractivity contribution in [1.29, 1.82) is 0 Å². The van der Waals surface area contributed by atoms with Crippen molar-refractivity contribution in [3.63, 3.8) is 0 Å². The number of likely N-dealkylation sites (tertiary alicyclic amines) is 1. The molecule has 1 N–H and O–H groups in total. The van der Waals surface area contributed by atoms with E-state index in [4.69, 9.17) is 11.6 Å². The first-order chi connectivity index (χ1) is 11.7.